The van der Waals surface area contributed by atoms with Crippen LogP contribution in [0.1, 0.15) is 30.0 Å². The van der Waals surface area contributed by atoms with Gasteiger partial charge in [-0.3, -0.25) is 4.79 Å². The zero-order chi connectivity index (χ0) is 20.3. The maximum atomic E-state index is 12.2. The van der Waals surface area contributed by atoms with Crippen molar-refractivity contribution in [3.05, 3.63) is 62.4 Å². The van der Waals surface area contributed by atoms with E-state index in [-0.39, 0.29) is 24.0 Å². The molecule has 1 heterocycles. The average molecular weight is 491 g/mol. The van der Waals surface area contributed by atoms with Gasteiger partial charge in [-0.05, 0) is 77.0 Å². The number of ether oxygens (including phenoxy) is 3. The molecule has 0 atom stereocenters. The predicted molar refractivity (Wildman–Crippen MR) is 113 cm³/mol. The Morgan fingerprint density at radius 1 is 1.21 bits per heavy atom. The number of aliphatic imine (C=N–C) groups is 1. The van der Waals surface area contributed by atoms with E-state index in [1.807, 2.05) is 25.1 Å². The number of cyclic esters (lactones) is 1. The summed E-state index contributed by atoms with van der Waals surface area (Å²) in [4.78, 5) is 28.0. The molecule has 28 heavy (non-hydrogen) atoms. The van der Waals surface area contributed by atoms with Gasteiger partial charge in [0.15, 0.2) is 17.2 Å². The standard InChI is InChI=1S/C21H18INO5/c1-4-19(24)27-17-8-5-13(11-18(17)26-3)10-16-21(25)28-20(23-16)14-6-7-15(22)12(2)9-14/h5-11H,4H2,1-3H3/b16-10-. The van der Waals surface area contributed by atoms with Gasteiger partial charge in [0.05, 0.1) is 7.11 Å². The molecule has 0 fully saturated rings. The molecule has 1 aliphatic heterocycles. The zero-order valence-electron chi connectivity index (χ0n) is 15.6. The fourth-order valence-corrected chi connectivity index (χ4v) is 2.86. The maximum absolute atomic E-state index is 12.2. The number of halogens is 1. The van der Waals surface area contributed by atoms with Gasteiger partial charge in [-0.15, -0.1) is 0 Å². The van der Waals surface area contributed by atoms with E-state index >= 15 is 0 Å². The molecule has 3 rings (SSSR count). The molecule has 0 aromatic heterocycles. The highest BCUT2D eigenvalue weighted by molar-refractivity contribution is 14.1. The van der Waals surface area contributed by atoms with Crippen LogP contribution in [-0.2, 0) is 14.3 Å². The summed E-state index contributed by atoms with van der Waals surface area (Å²) in [5.74, 6) is 0.109. The van der Waals surface area contributed by atoms with Crippen LogP contribution in [0.15, 0.2) is 47.1 Å². The first-order valence-corrected chi connectivity index (χ1v) is 9.67. The summed E-state index contributed by atoms with van der Waals surface area (Å²) < 4.78 is 16.9. The van der Waals surface area contributed by atoms with Crippen LogP contribution in [0.5, 0.6) is 11.5 Å². The molecule has 1 aliphatic rings. The van der Waals surface area contributed by atoms with Crippen LogP contribution in [0, 0.1) is 10.5 Å². The lowest BCUT2D eigenvalue weighted by Crippen LogP contribution is -2.06. The number of carbonyl (C=O) groups is 2. The van der Waals surface area contributed by atoms with E-state index < -0.39 is 5.97 Å². The number of hydrogen-bond acceptors (Lipinski definition) is 6. The number of esters is 2. The van der Waals surface area contributed by atoms with Gasteiger partial charge in [-0.1, -0.05) is 13.0 Å². The van der Waals surface area contributed by atoms with E-state index in [2.05, 4.69) is 27.6 Å². The quantitative estimate of drug-likeness (QED) is 0.271. The third-order valence-electron chi connectivity index (χ3n) is 4.03. The minimum atomic E-state index is -0.522. The Morgan fingerprint density at radius 3 is 2.68 bits per heavy atom. The Bertz CT molecular complexity index is 1010. The number of rotatable bonds is 5. The van der Waals surface area contributed by atoms with Crippen molar-refractivity contribution in [2.24, 2.45) is 4.99 Å². The lowest BCUT2D eigenvalue weighted by atomic mass is 10.1. The van der Waals surface area contributed by atoms with Crippen LogP contribution in [-0.4, -0.2) is 24.9 Å². The van der Waals surface area contributed by atoms with Gasteiger partial charge in [-0.2, -0.15) is 0 Å². The second-order valence-electron chi connectivity index (χ2n) is 6.04. The van der Waals surface area contributed by atoms with Gasteiger partial charge >= 0.3 is 11.9 Å². The van der Waals surface area contributed by atoms with E-state index in [0.29, 0.717) is 17.1 Å². The minimum Gasteiger partial charge on any atom is -0.493 e. The van der Waals surface area contributed by atoms with Crippen molar-refractivity contribution >= 4 is 46.5 Å². The van der Waals surface area contributed by atoms with Gasteiger partial charge in [0.2, 0.25) is 5.90 Å². The van der Waals surface area contributed by atoms with Gasteiger partial charge in [0, 0.05) is 15.6 Å². The molecule has 0 amide bonds. The summed E-state index contributed by atoms with van der Waals surface area (Å²) in [5, 5.41) is 0. The Balaban J connectivity index is 1.90. The summed E-state index contributed by atoms with van der Waals surface area (Å²) in [6.07, 6.45) is 1.86. The van der Waals surface area contributed by atoms with Crippen molar-refractivity contribution in [1.82, 2.24) is 0 Å². The lowest BCUT2D eigenvalue weighted by Gasteiger charge is -2.09. The highest BCUT2D eigenvalue weighted by atomic mass is 127. The number of nitrogens with zero attached hydrogens (tertiary/aromatic N) is 1. The predicted octanol–water partition coefficient (Wildman–Crippen LogP) is 4.27. The Labute approximate surface area is 176 Å². The summed E-state index contributed by atoms with van der Waals surface area (Å²) in [5.41, 5.74) is 2.68. The molecule has 0 saturated carbocycles. The van der Waals surface area contributed by atoms with Crippen LogP contribution in [0.25, 0.3) is 6.08 Å². The minimum absolute atomic E-state index is 0.187. The Hall–Kier alpha value is -2.68. The fraction of sp³-hybridized carbons (Fsp3) is 0.190. The summed E-state index contributed by atoms with van der Waals surface area (Å²) in [6.45, 7) is 3.70. The van der Waals surface area contributed by atoms with Crippen molar-refractivity contribution in [2.45, 2.75) is 20.3 Å². The monoisotopic (exact) mass is 491 g/mol. The topological polar surface area (TPSA) is 74.2 Å². The smallest absolute Gasteiger partial charge is 0.363 e. The zero-order valence-corrected chi connectivity index (χ0v) is 17.8. The molecule has 7 heteroatoms. The first kappa shape index (κ1) is 20.1. The fourth-order valence-electron chi connectivity index (χ4n) is 2.52. The van der Waals surface area contributed by atoms with Crippen molar-refractivity contribution in [3.8, 4) is 11.5 Å². The number of benzene rings is 2. The molecule has 144 valence electrons. The Kier molecular flexibility index (Phi) is 6.13. The van der Waals surface area contributed by atoms with Gasteiger partial charge in [0.1, 0.15) is 0 Å². The average Bonchev–Trinajstić information content (AvgIpc) is 3.05. The van der Waals surface area contributed by atoms with E-state index in [9.17, 15) is 9.59 Å². The normalized spacial score (nSPS) is 14.6. The summed E-state index contributed by atoms with van der Waals surface area (Å²) >= 11 is 2.24. The molecule has 0 N–H and O–H groups in total. The molecule has 0 aliphatic carbocycles. The molecule has 6 nitrogen and oxygen atoms in total. The molecular formula is C21H18INO5. The molecule has 2 aromatic rings. The van der Waals surface area contributed by atoms with Crippen LogP contribution >= 0.6 is 22.6 Å². The van der Waals surface area contributed by atoms with Crippen molar-refractivity contribution < 1.29 is 23.8 Å². The third kappa shape index (κ3) is 4.41. The second-order valence-corrected chi connectivity index (χ2v) is 7.20. The van der Waals surface area contributed by atoms with E-state index in [1.165, 1.54) is 7.11 Å². The second kappa shape index (κ2) is 8.55. The third-order valence-corrected chi connectivity index (χ3v) is 5.24. The maximum Gasteiger partial charge on any atom is 0.363 e. The molecule has 0 unspecified atom stereocenters. The first-order valence-electron chi connectivity index (χ1n) is 8.59. The van der Waals surface area contributed by atoms with E-state index in [0.717, 1.165) is 14.7 Å². The van der Waals surface area contributed by atoms with E-state index in [1.54, 1.807) is 31.2 Å². The first-order chi connectivity index (χ1) is 13.4. The molecular weight excluding hydrogens is 473 g/mol. The largest absolute Gasteiger partial charge is 0.493 e. The molecule has 0 radical (unpaired) electrons. The lowest BCUT2D eigenvalue weighted by molar-refractivity contribution is -0.134. The van der Waals surface area contributed by atoms with Gasteiger partial charge in [-0.25, -0.2) is 9.79 Å². The highest BCUT2D eigenvalue weighted by Gasteiger charge is 2.24. The van der Waals surface area contributed by atoms with Crippen molar-refractivity contribution in [2.75, 3.05) is 7.11 Å². The molecule has 0 spiro atoms. The SMILES string of the molecule is CCC(=O)Oc1ccc(/C=C2\N=C(c3ccc(I)c(C)c3)OC2=O)cc1OC. The summed E-state index contributed by atoms with van der Waals surface area (Å²) in [6, 6.07) is 10.7. The van der Waals surface area contributed by atoms with Crippen molar-refractivity contribution in [1.29, 1.82) is 0 Å². The number of aryl methyl sites for hydroxylation is 1. The molecule has 2 aromatic carbocycles. The number of carbonyl (C=O) groups excluding carboxylic acids is 2. The van der Waals surface area contributed by atoms with Gasteiger partial charge < -0.3 is 14.2 Å². The highest BCUT2D eigenvalue weighted by Crippen LogP contribution is 2.30. The van der Waals surface area contributed by atoms with Crippen LogP contribution < -0.4 is 9.47 Å². The van der Waals surface area contributed by atoms with Crippen molar-refractivity contribution in [3.63, 3.8) is 0 Å². The van der Waals surface area contributed by atoms with Crippen LogP contribution in [0.4, 0.5) is 0 Å². The number of hydrogen-bond donors (Lipinski definition) is 0. The van der Waals surface area contributed by atoms with Crippen LogP contribution in [0.2, 0.25) is 0 Å². The van der Waals surface area contributed by atoms with Gasteiger partial charge in [0.25, 0.3) is 0 Å². The summed E-state index contributed by atoms with van der Waals surface area (Å²) in [7, 11) is 1.48. The van der Waals surface area contributed by atoms with E-state index in [4.69, 9.17) is 14.2 Å². The Morgan fingerprint density at radius 2 is 2.00 bits per heavy atom. The molecule has 0 bridgehead atoms. The number of methoxy groups -OCH3 is 1. The van der Waals surface area contributed by atoms with Crippen LogP contribution in [0.3, 0.4) is 0 Å². The molecule has 0 saturated heterocycles.